The van der Waals surface area contributed by atoms with Crippen molar-refractivity contribution >= 4 is 16.9 Å². The van der Waals surface area contributed by atoms with Gasteiger partial charge in [0, 0.05) is 11.8 Å². The van der Waals surface area contributed by atoms with E-state index in [1.807, 2.05) is 11.8 Å². The average molecular weight is 268 g/mol. The van der Waals surface area contributed by atoms with Gasteiger partial charge in [-0.1, -0.05) is 64.1 Å². The van der Waals surface area contributed by atoms with Crippen molar-refractivity contribution in [2.75, 3.05) is 13.1 Å². The predicted octanol–water partition coefficient (Wildman–Crippen LogP) is 4.06. The minimum absolute atomic E-state index is 0.731. The molecule has 0 aromatic rings. The van der Waals surface area contributed by atoms with E-state index in [1.165, 1.54) is 50.1 Å². The molecular weight excluding hydrogens is 240 g/mol. The van der Waals surface area contributed by atoms with Gasteiger partial charge in [0.2, 0.25) is 0 Å². The van der Waals surface area contributed by atoms with Crippen molar-refractivity contribution in [3.05, 3.63) is 0 Å². The van der Waals surface area contributed by atoms with Crippen LogP contribution in [-0.2, 0) is 0 Å². The van der Waals surface area contributed by atoms with Crippen LogP contribution in [0.15, 0.2) is 4.99 Å². The summed E-state index contributed by atoms with van der Waals surface area (Å²) in [6, 6.07) is 0. The van der Waals surface area contributed by atoms with E-state index in [0.29, 0.717) is 0 Å². The third-order valence-electron chi connectivity index (χ3n) is 4.56. The van der Waals surface area contributed by atoms with Gasteiger partial charge in [-0.3, -0.25) is 4.99 Å². The van der Waals surface area contributed by atoms with Gasteiger partial charge in [-0.05, 0) is 18.3 Å². The van der Waals surface area contributed by atoms with Crippen molar-refractivity contribution in [2.45, 2.75) is 64.0 Å². The molecule has 1 saturated carbocycles. The van der Waals surface area contributed by atoms with E-state index in [0.717, 1.165) is 30.2 Å². The van der Waals surface area contributed by atoms with Gasteiger partial charge in [0.15, 0.2) is 5.17 Å². The molecule has 1 fully saturated rings. The van der Waals surface area contributed by atoms with Gasteiger partial charge >= 0.3 is 0 Å². The quantitative estimate of drug-likeness (QED) is 0.785. The number of hydrogen-bond acceptors (Lipinski definition) is 3. The number of hydrogen-bond donors (Lipinski definition) is 1. The molecule has 2 rings (SSSR count). The SMILES string of the molecule is CCC(CC)C1CN=C(NCCC2CCCC2)S1. The van der Waals surface area contributed by atoms with Gasteiger partial charge in [0.25, 0.3) is 0 Å². The molecule has 0 aromatic heterocycles. The van der Waals surface area contributed by atoms with Crippen molar-refractivity contribution in [1.82, 2.24) is 5.32 Å². The maximum absolute atomic E-state index is 4.67. The van der Waals surface area contributed by atoms with Crippen molar-refractivity contribution in [2.24, 2.45) is 16.8 Å². The molecule has 18 heavy (non-hydrogen) atoms. The summed E-state index contributed by atoms with van der Waals surface area (Å²) in [5.74, 6) is 1.83. The van der Waals surface area contributed by atoms with E-state index in [1.54, 1.807) is 0 Å². The second-order valence-corrected chi connectivity index (χ2v) is 6.97. The summed E-state index contributed by atoms with van der Waals surface area (Å²) in [7, 11) is 0. The number of rotatable bonds is 6. The third-order valence-corrected chi connectivity index (χ3v) is 5.89. The Hall–Kier alpha value is -0.180. The number of nitrogens with one attached hydrogen (secondary N) is 1. The molecule has 0 amide bonds. The summed E-state index contributed by atoms with van der Waals surface area (Å²) in [6.45, 7) is 6.77. The molecule has 0 saturated heterocycles. The van der Waals surface area contributed by atoms with E-state index in [4.69, 9.17) is 0 Å². The fraction of sp³-hybridized carbons (Fsp3) is 0.933. The Labute approximate surface area is 116 Å². The van der Waals surface area contributed by atoms with Crippen molar-refractivity contribution in [3.8, 4) is 0 Å². The highest BCUT2D eigenvalue weighted by atomic mass is 32.2. The van der Waals surface area contributed by atoms with Crippen molar-refractivity contribution in [3.63, 3.8) is 0 Å². The first-order valence-corrected chi connectivity index (χ1v) is 8.66. The minimum atomic E-state index is 0.731. The Kier molecular flexibility index (Phi) is 5.87. The zero-order valence-corrected chi connectivity index (χ0v) is 12.8. The van der Waals surface area contributed by atoms with Crippen LogP contribution in [0.3, 0.4) is 0 Å². The lowest BCUT2D eigenvalue weighted by Gasteiger charge is -2.18. The number of thioether (sulfide) groups is 1. The molecule has 2 aliphatic rings. The molecule has 0 radical (unpaired) electrons. The fourth-order valence-electron chi connectivity index (χ4n) is 3.23. The zero-order chi connectivity index (χ0) is 12.8. The molecule has 0 spiro atoms. The van der Waals surface area contributed by atoms with Gasteiger partial charge in [-0.2, -0.15) is 0 Å². The highest BCUT2D eigenvalue weighted by Crippen LogP contribution is 2.31. The van der Waals surface area contributed by atoms with Gasteiger partial charge < -0.3 is 5.32 Å². The normalized spacial score (nSPS) is 24.8. The maximum Gasteiger partial charge on any atom is 0.156 e. The molecule has 0 aromatic carbocycles. The van der Waals surface area contributed by atoms with E-state index in [9.17, 15) is 0 Å². The van der Waals surface area contributed by atoms with E-state index >= 15 is 0 Å². The smallest absolute Gasteiger partial charge is 0.156 e. The molecular formula is C15H28N2S. The molecule has 0 bridgehead atoms. The van der Waals surface area contributed by atoms with E-state index in [-0.39, 0.29) is 0 Å². The molecule has 2 nitrogen and oxygen atoms in total. The highest BCUT2D eigenvalue weighted by molar-refractivity contribution is 8.14. The Morgan fingerprint density at radius 1 is 1.28 bits per heavy atom. The lowest BCUT2D eigenvalue weighted by molar-refractivity contribution is 0.479. The largest absolute Gasteiger partial charge is 0.365 e. The third kappa shape index (κ3) is 3.91. The summed E-state index contributed by atoms with van der Waals surface area (Å²) in [6.07, 6.45) is 9.75. The first kappa shape index (κ1) is 14.2. The van der Waals surface area contributed by atoms with Crippen LogP contribution in [0.5, 0.6) is 0 Å². The standard InChI is InChI=1S/C15H28N2S/c1-3-13(4-2)14-11-17-15(18-14)16-10-9-12-7-5-6-8-12/h12-14H,3-11H2,1-2H3,(H,16,17). The van der Waals surface area contributed by atoms with Crippen molar-refractivity contribution in [1.29, 1.82) is 0 Å². The Morgan fingerprint density at radius 3 is 2.67 bits per heavy atom. The summed E-state index contributed by atoms with van der Waals surface area (Å²) in [4.78, 5) is 4.67. The van der Waals surface area contributed by atoms with Gasteiger partial charge in [0.05, 0.1) is 6.54 Å². The van der Waals surface area contributed by atoms with Crippen LogP contribution in [0.25, 0.3) is 0 Å². The fourth-order valence-corrected chi connectivity index (χ4v) is 4.58. The van der Waals surface area contributed by atoms with E-state index in [2.05, 4.69) is 24.2 Å². The average Bonchev–Trinajstić information content (AvgIpc) is 3.03. The van der Waals surface area contributed by atoms with Crippen LogP contribution in [0.1, 0.15) is 58.8 Å². The monoisotopic (exact) mass is 268 g/mol. The highest BCUT2D eigenvalue weighted by Gasteiger charge is 2.25. The topological polar surface area (TPSA) is 24.4 Å². The molecule has 1 aliphatic carbocycles. The second-order valence-electron chi connectivity index (χ2n) is 5.74. The molecule has 1 aliphatic heterocycles. The molecule has 1 atom stereocenters. The molecule has 3 heteroatoms. The van der Waals surface area contributed by atoms with E-state index < -0.39 is 0 Å². The Bertz CT molecular complexity index is 268. The summed E-state index contributed by atoms with van der Waals surface area (Å²) >= 11 is 1.99. The number of amidine groups is 1. The first-order chi connectivity index (χ1) is 8.83. The van der Waals surface area contributed by atoms with Crippen LogP contribution >= 0.6 is 11.8 Å². The van der Waals surface area contributed by atoms with Crippen LogP contribution < -0.4 is 5.32 Å². The van der Waals surface area contributed by atoms with Crippen LogP contribution in [-0.4, -0.2) is 23.5 Å². The minimum Gasteiger partial charge on any atom is -0.365 e. The number of nitrogens with zero attached hydrogens (tertiary/aromatic N) is 1. The van der Waals surface area contributed by atoms with Gasteiger partial charge in [0.1, 0.15) is 0 Å². The molecule has 104 valence electrons. The Morgan fingerprint density at radius 2 is 2.00 bits per heavy atom. The lowest BCUT2D eigenvalue weighted by Crippen LogP contribution is -2.23. The van der Waals surface area contributed by atoms with Gasteiger partial charge in [-0.25, -0.2) is 0 Å². The lowest BCUT2D eigenvalue weighted by atomic mass is 9.99. The second kappa shape index (κ2) is 7.42. The molecule has 1 N–H and O–H groups in total. The van der Waals surface area contributed by atoms with Crippen LogP contribution in [0.4, 0.5) is 0 Å². The van der Waals surface area contributed by atoms with Crippen LogP contribution in [0, 0.1) is 11.8 Å². The van der Waals surface area contributed by atoms with Gasteiger partial charge in [-0.15, -0.1) is 0 Å². The number of aliphatic imine (C=N–C) groups is 1. The van der Waals surface area contributed by atoms with Crippen LogP contribution in [0.2, 0.25) is 0 Å². The summed E-state index contributed by atoms with van der Waals surface area (Å²) in [5.41, 5.74) is 0. The van der Waals surface area contributed by atoms with Crippen molar-refractivity contribution < 1.29 is 0 Å². The molecule has 1 unspecified atom stereocenters. The zero-order valence-electron chi connectivity index (χ0n) is 12.0. The predicted molar refractivity (Wildman–Crippen MR) is 82.3 cm³/mol. The Balaban J connectivity index is 1.62. The molecule has 1 heterocycles. The first-order valence-electron chi connectivity index (χ1n) is 7.78. The summed E-state index contributed by atoms with van der Waals surface area (Å²) < 4.78 is 0. The maximum atomic E-state index is 4.67. The summed E-state index contributed by atoms with van der Waals surface area (Å²) in [5, 5.41) is 5.50.